The Morgan fingerprint density at radius 1 is 1.30 bits per heavy atom. The molecule has 2 N–H and O–H groups in total. The number of amides is 2. The zero-order valence-electron chi connectivity index (χ0n) is 13.8. The van der Waals surface area contributed by atoms with E-state index in [1.165, 1.54) is 4.90 Å². The van der Waals surface area contributed by atoms with Crippen LogP contribution in [0.3, 0.4) is 0 Å². The molecule has 7 heteroatoms. The lowest BCUT2D eigenvalue weighted by molar-refractivity contribution is -0.118. The van der Waals surface area contributed by atoms with E-state index in [0.717, 1.165) is 19.6 Å². The predicted octanol–water partition coefficient (Wildman–Crippen LogP) is 1.04. The molecule has 1 aromatic carbocycles. The maximum Gasteiger partial charge on any atom is 0.253 e. The molecule has 0 saturated carbocycles. The second kappa shape index (κ2) is 8.86. The number of benzene rings is 1. The molecule has 0 spiro atoms. The second-order valence-electron chi connectivity index (χ2n) is 5.85. The Hall–Kier alpha value is -1.63. The molecule has 2 rings (SSSR count). The zero-order valence-corrected chi connectivity index (χ0v) is 14.7. The number of nitrogens with zero attached hydrogens (tertiary/aromatic N) is 2. The van der Waals surface area contributed by atoms with Crippen LogP contribution in [0.15, 0.2) is 24.3 Å². The third-order valence-electron chi connectivity index (χ3n) is 3.81. The van der Waals surface area contributed by atoms with E-state index >= 15 is 0 Å². The van der Waals surface area contributed by atoms with Crippen molar-refractivity contribution in [2.45, 2.75) is 13.0 Å². The predicted molar refractivity (Wildman–Crippen MR) is 94.2 cm³/mol. The van der Waals surface area contributed by atoms with E-state index in [1.807, 2.05) is 0 Å². The third kappa shape index (κ3) is 5.49. The molecule has 128 valence electrons. The first-order valence-electron chi connectivity index (χ1n) is 7.53. The van der Waals surface area contributed by atoms with E-state index in [2.05, 4.69) is 22.5 Å². The molecule has 6 nitrogen and oxygen atoms in total. The first kappa shape index (κ1) is 19.4. The Morgan fingerprint density at radius 3 is 2.52 bits per heavy atom. The molecule has 0 bridgehead atoms. The van der Waals surface area contributed by atoms with Gasteiger partial charge in [0.15, 0.2) is 0 Å². The number of hydrogen-bond donors (Lipinski definition) is 2. The average molecular weight is 341 g/mol. The number of halogens is 1. The van der Waals surface area contributed by atoms with Crippen LogP contribution in [0.1, 0.15) is 17.3 Å². The van der Waals surface area contributed by atoms with Crippen molar-refractivity contribution >= 4 is 29.9 Å². The van der Waals surface area contributed by atoms with Gasteiger partial charge in [0.1, 0.15) is 0 Å². The van der Waals surface area contributed by atoms with E-state index in [4.69, 9.17) is 0 Å². The summed E-state index contributed by atoms with van der Waals surface area (Å²) in [6, 6.07) is 7.34. The molecule has 0 aromatic heterocycles. The summed E-state index contributed by atoms with van der Waals surface area (Å²) < 4.78 is 0. The van der Waals surface area contributed by atoms with Gasteiger partial charge in [0, 0.05) is 51.0 Å². The van der Waals surface area contributed by atoms with Crippen LogP contribution in [0.5, 0.6) is 0 Å². The largest absolute Gasteiger partial charge is 0.345 e. The number of carbonyl (C=O) groups is 2. The highest BCUT2D eigenvalue weighted by atomic mass is 35.5. The molecule has 0 unspecified atom stereocenters. The van der Waals surface area contributed by atoms with Crippen LogP contribution in [0, 0.1) is 0 Å². The highest BCUT2D eigenvalue weighted by molar-refractivity contribution is 5.96. The van der Waals surface area contributed by atoms with Gasteiger partial charge >= 0.3 is 0 Å². The molecule has 1 saturated heterocycles. The number of anilines is 1. The summed E-state index contributed by atoms with van der Waals surface area (Å²) in [5.74, 6) is -0.0760. The minimum atomic E-state index is -0.0486. The maximum absolute atomic E-state index is 12.1. The van der Waals surface area contributed by atoms with Crippen LogP contribution < -0.4 is 10.6 Å². The summed E-state index contributed by atoms with van der Waals surface area (Å²) in [5, 5.41) is 6.18. The molecule has 1 aromatic rings. The number of piperazine rings is 1. The van der Waals surface area contributed by atoms with Gasteiger partial charge in [0.05, 0.1) is 6.54 Å². The Bertz CT molecular complexity index is 533. The molecule has 1 aliphatic rings. The van der Waals surface area contributed by atoms with Gasteiger partial charge in [0.25, 0.3) is 5.91 Å². The van der Waals surface area contributed by atoms with Gasteiger partial charge in [-0.1, -0.05) is 0 Å². The molecule has 1 atom stereocenters. The van der Waals surface area contributed by atoms with E-state index in [-0.39, 0.29) is 24.2 Å². The smallest absolute Gasteiger partial charge is 0.253 e. The lowest BCUT2D eigenvalue weighted by Gasteiger charge is -2.33. The first-order valence-corrected chi connectivity index (χ1v) is 7.53. The van der Waals surface area contributed by atoms with Crippen LogP contribution in [-0.4, -0.2) is 67.9 Å². The molecule has 23 heavy (non-hydrogen) atoms. The van der Waals surface area contributed by atoms with Crippen molar-refractivity contribution in [2.75, 3.05) is 45.6 Å². The van der Waals surface area contributed by atoms with Crippen LogP contribution in [-0.2, 0) is 4.79 Å². The Labute approximate surface area is 143 Å². The van der Waals surface area contributed by atoms with E-state index in [0.29, 0.717) is 23.8 Å². The minimum absolute atomic E-state index is 0. The fraction of sp³-hybridized carbons (Fsp3) is 0.500. The Morgan fingerprint density at radius 2 is 1.96 bits per heavy atom. The lowest BCUT2D eigenvalue weighted by Crippen LogP contribution is -2.51. The summed E-state index contributed by atoms with van der Waals surface area (Å²) in [5.41, 5.74) is 1.32. The molecular formula is C16H25ClN4O2. The van der Waals surface area contributed by atoms with E-state index < -0.39 is 0 Å². The molecule has 1 aliphatic heterocycles. The summed E-state index contributed by atoms with van der Waals surface area (Å²) in [4.78, 5) is 27.6. The van der Waals surface area contributed by atoms with Crippen molar-refractivity contribution in [2.24, 2.45) is 0 Å². The van der Waals surface area contributed by atoms with Crippen LogP contribution >= 0.6 is 12.4 Å². The molecule has 2 amide bonds. The highest BCUT2D eigenvalue weighted by Crippen LogP contribution is 2.11. The van der Waals surface area contributed by atoms with Gasteiger partial charge in [-0.05, 0) is 31.2 Å². The van der Waals surface area contributed by atoms with E-state index in [1.54, 1.807) is 38.4 Å². The summed E-state index contributed by atoms with van der Waals surface area (Å²) in [7, 11) is 3.43. The van der Waals surface area contributed by atoms with E-state index in [9.17, 15) is 9.59 Å². The second-order valence-corrected chi connectivity index (χ2v) is 5.85. The lowest BCUT2D eigenvalue weighted by atomic mass is 10.2. The SMILES string of the molecule is C[C@H]1CNCCN1CC(=O)Nc1ccc(C(=O)N(C)C)cc1.Cl. The normalized spacial score (nSPS) is 18.0. The summed E-state index contributed by atoms with van der Waals surface area (Å²) in [6.07, 6.45) is 0. The quantitative estimate of drug-likeness (QED) is 0.859. The molecule has 1 heterocycles. The average Bonchev–Trinajstić information content (AvgIpc) is 2.49. The van der Waals surface area contributed by atoms with Crippen molar-refractivity contribution in [3.05, 3.63) is 29.8 Å². The van der Waals surface area contributed by atoms with Gasteiger partial charge in [0.2, 0.25) is 5.91 Å². The Balaban J connectivity index is 0.00000264. The number of rotatable bonds is 4. The number of hydrogen-bond acceptors (Lipinski definition) is 4. The van der Waals surface area contributed by atoms with Crippen LogP contribution in [0.4, 0.5) is 5.69 Å². The van der Waals surface area contributed by atoms with Crippen molar-refractivity contribution in [3.63, 3.8) is 0 Å². The fourth-order valence-corrected chi connectivity index (χ4v) is 2.46. The summed E-state index contributed by atoms with van der Waals surface area (Å²) in [6.45, 7) is 5.21. The van der Waals surface area contributed by atoms with Gasteiger partial charge in [-0.15, -0.1) is 12.4 Å². The fourth-order valence-electron chi connectivity index (χ4n) is 2.46. The van der Waals surface area contributed by atoms with Crippen molar-refractivity contribution in [3.8, 4) is 0 Å². The first-order chi connectivity index (χ1) is 10.5. The summed E-state index contributed by atoms with van der Waals surface area (Å²) >= 11 is 0. The van der Waals surface area contributed by atoms with Gasteiger partial charge in [-0.2, -0.15) is 0 Å². The molecular weight excluding hydrogens is 316 g/mol. The monoisotopic (exact) mass is 340 g/mol. The van der Waals surface area contributed by atoms with Crippen molar-refractivity contribution in [1.29, 1.82) is 0 Å². The molecule has 1 fully saturated rings. The highest BCUT2D eigenvalue weighted by Gasteiger charge is 2.20. The maximum atomic E-state index is 12.1. The van der Waals surface area contributed by atoms with Crippen molar-refractivity contribution < 1.29 is 9.59 Å². The molecule has 0 radical (unpaired) electrons. The standard InChI is InChI=1S/C16H24N4O2.ClH/c1-12-10-17-8-9-20(12)11-15(21)18-14-6-4-13(5-7-14)16(22)19(2)3;/h4-7,12,17H,8-11H2,1-3H3,(H,18,21);1H/t12-;/m0./s1. The van der Waals surface area contributed by atoms with Crippen molar-refractivity contribution in [1.82, 2.24) is 15.1 Å². The topological polar surface area (TPSA) is 64.7 Å². The Kier molecular flexibility index (Phi) is 7.48. The third-order valence-corrected chi connectivity index (χ3v) is 3.81. The zero-order chi connectivity index (χ0) is 16.1. The van der Waals surface area contributed by atoms with Crippen LogP contribution in [0.2, 0.25) is 0 Å². The number of carbonyl (C=O) groups excluding carboxylic acids is 2. The van der Waals surface area contributed by atoms with Gasteiger partial charge < -0.3 is 15.5 Å². The van der Waals surface area contributed by atoms with Gasteiger partial charge in [-0.3, -0.25) is 14.5 Å². The van der Waals surface area contributed by atoms with Crippen LogP contribution in [0.25, 0.3) is 0 Å². The molecule has 0 aliphatic carbocycles. The minimum Gasteiger partial charge on any atom is -0.345 e. The van der Waals surface area contributed by atoms with Gasteiger partial charge in [-0.25, -0.2) is 0 Å². The number of nitrogens with one attached hydrogen (secondary N) is 2.